The summed E-state index contributed by atoms with van der Waals surface area (Å²) in [6, 6.07) is 73.2. The van der Waals surface area contributed by atoms with Crippen molar-refractivity contribution in [1.82, 2.24) is 9.15 Å². The Bertz CT molecular complexity index is 5890. The number of nitrogens with zero attached hydrogens (tertiary/aromatic N) is 4. The number of aromatic hydroxyl groups is 6. The van der Waals surface area contributed by atoms with Crippen LogP contribution < -0.4 is 53.3 Å². The van der Waals surface area contributed by atoms with Crippen molar-refractivity contribution >= 4 is 74.4 Å². The number of phenolic OH excluding ortho intramolecular Hbond substituents is 6. The molecule has 15 rings (SSSR count). The Balaban J connectivity index is 0.000000247. The zero-order valence-electron chi connectivity index (χ0n) is 74.2. The van der Waals surface area contributed by atoms with E-state index in [1.165, 1.54) is 56.7 Å². The van der Waals surface area contributed by atoms with Crippen LogP contribution in [0.25, 0.3) is 66.8 Å². The van der Waals surface area contributed by atoms with Gasteiger partial charge in [-0.25, -0.2) is 23.5 Å². The van der Waals surface area contributed by atoms with E-state index >= 15 is 0 Å². The molecule has 646 valence electrons. The SMILES string of the molecule is CC.CC.CCN(CC)c1ccc(C(=O)c2ccccc2C(=O)O)c(O)c1.CCN(CC)c1ccc2c(c1)Oc1cc(O)ccc1C2c1ccccc1CO.CC[N+](CC)=c1ccc2c(-c3ccccc3C(=O)OC)c3ccc(O)cc3oc-2c1.CC[N+](CC)=c1ccc2c(-c3ccccc3C(=O)OC)c3ccc(O)cc3oc-2c1.Oc1cccc(O)c1.[AlH3].[H-].[Li+]. The van der Waals surface area contributed by atoms with E-state index in [0.29, 0.717) is 39.6 Å². The standard InChI is InChI=1S/2C25H23NO4.C24H25NO3.C18H19NO4.C6H6O2.2C2H6.Al.Li.4H/c2*1-4-26(5-2)16-10-12-20-22(14-16)30-23-15-17(27)11-13-21(23)24(20)18-8-6-7-9-19(18)25(28)29-3;1-3-25(4-2)17-9-11-20-22(13-17)28-23-14-18(27)10-12-21(23)24(20)19-8-6-5-7-16(19)15-26;1-3-19(4-2)12-9-10-15(16(20)11-12)17(21)13-7-5-6-8-14(13)18(22)23;7-5-2-1-3-6(8)4-5;2*1-2;;;;;;/h2*6-15H,4-5H2,1-3H3;5-14,24,26-27H,3-4,15H2,1-2H3;5-11,20H,3-4H2,1-2H3,(H,22,23);1-4,7-8H;2*1-2H3;;;;;;/q;;;;;;;;+1;;;;-1/p+2. The van der Waals surface area contributed by atoms with E-state index in [9.17, 15) is 49.8 Å². The fourth-order valence-electron chi connectivity index (χ4n) is 14.9. The van der Waals surface area contributed by atoms with Crippen LogP contribution in [0.15, 0.2) is 258 Å². The smallest absolute Gasteiger partial charge is 1.00 e. The minimum Gasteiger partial charge on any atom is -1.00 e. The summed E-state index contributed by atoms with van der Waals surface area (Å²) in [6.07, 6.45) is 0. The molecule has 0 fully saturated rings. The Morgan fingerprint density at radius 3 is 1.23 bits per heavy atom. The number of carbonyl (C=O) groups is 4. The second-order valence-corrected chi connectivity index (χ2v) is 27.7. The molecule has 5 aliphatic rings. The normalized spacial score (nSPS) is 11.2. The van der Waals surface area contributed by atoms with Crippen molar-refractivity contribution in [3.8, 4) is 90.9 Å². The number of ketones is 1. The van der Waals surface area contributed by atoms with Crippen molar-refractivity contribution in [3.05, 3.63) is 310 Å². The van der Waals surface area contributed by atoms with Crippen LogP contribution in [0.3, 0.4) is 0 Å². The van der Waals surface area contributed by atoms with E-state index in [4.69, 9.17) is 33.3 Å². The number of hydrogen-bond donors (Lipinski definition) is 8. The molecule has 10 aromatic carbocycles. The summed E-state index contributed by atoms with van der Waals surface area (Å²) in [5.41, 5.74) is 13.1. The molecule has 0 bridgehead atoms. The van der Waals surface area contributed by atoms with Gasteiger partial charge in [0.15, 0.2) is 23.1 Å². The maximum absolute atomic E-state index is 12.6. The summed E-state index contributed by atoms with van der Waals surface area (Å²) < 4.78 is 33.1. The first-order chi connectivity index (χ1) is 59.6. The van der Waals surface area contributed by atoms with Crippen molar-refractivity contribution < 1.29 is 103 Å². The molecule has 3 heterocycles. The number of aliphatic hydroxyl groups is 1. The first kappa shape index (κ1) is 99.1. The summed E-state index contributed by atoms with van der Waals surface area (Å²) in [7, 11) is 2.76. The van der Waals surface area contributed by atoms with Crippen LogP contribution in [0.1, 0.15) is 160 Å². The van der Waals surface area contributed by atoms with Gasteiger partial charge in [0.05, 0.1) is 55.2 Å². The van der Waals surface area contributed by atoms with E-state index in [1.807, 2.05) is 144 Å². The first-order valence-corrected chi connectivity index (χ1v) is 41.5. The van der Waals surface area contributed by atoms with Gasteiger partial charge >= 0.3 is 36.8 Å². The Hall–Kier alpha value is -13.1. The molecular weight excluding hydrogens is 1590 g/mol. The van der Waals surface area contributed by atoms with Gasteiger partial charge in [0, 0.05) is 142 Å². The van der Waals surface area contributed by atoms with Crippen molar-refractivity contribution in [3.63, 3.8) is 0 Å². The van der Waals surface area contributed by atoms with Gasteiger partial charge in [-0.1, -0.05) is 125 Å². The molecule has 0 amide bonds. The summed E-state index contributed by atoms with van der Waals surface area (Å²) in [5, 5.41) is 80.4. The second kappa shape index (κ2) is 47.6. The monoisotopic (exact) mass is 1700 g/mol. The number of aromatic carboxylic acids is 1. The largest absolute Gasteiger partial charge is 1.00 e. The van der Waals surface area contributed by atoms with Crippen molar-refractivity contribution in [2.24, 2.45) is 0 Å². The molecule has 125 heavy (non-hydrogen) atoms. The topological polar surface area (TPSA) is 297 Å². The Kier molecular flexibility index (Phi) is 37.7. The van der Waals surface area contributed by atoms with E-state index in [-0.39, 0.29) is 101 Å². The molecular formula is C102H114AlLiN4O17+2. The van der Waals surface area contributed by atoms with E-state index in [2.05, 4.69) is 92.0 Å². The Morgan fingerprint density at radius 1 is 0.400 bits per heavy atom. The number of carboxylic acid groups (broad SMARTS) is 1. The molecule has 0 spiro atoms. The van der Waals surface area contributed by atoms with Gasteiger partial charge in [-0.3, -0.25) is 4.79 Å². The van der Waals surface area contributed by atoms with Gasteiger partial charge in [-0.05, 0) is 169 Å². The fraction of sp³-hybridized carbons (Fsp3) is 0.235. The van der Waals surface area contributed by atoms with Gasteiger partial charge < -0.3 is 75.1 Å². The van der Waals surface area contributed by atoms with Gasteiger partial charge in [-0.15, -0.1) is 0 Å². The van der Waals surface area contributed by atoms with Crippen LogP contribution in [0.4, 0.5) is 11.4 Å². The molecule has 0 saturated carbocycles. The zero-order valence-corrected chi connectivity index (χ0v) is 73.2. The number of carboxylic acids is 1. The van der Waals surface area contributed by atoms with Crippen molar-refractivity contribution in [2.45, 2.75) is 95.6 Å². The Labute approximate surface area is 754 Å². The number of anilines is 2. The van der Waals surface area contributed by atoms with Crippen LogP contribution in [0, 0.1) is 0 Å². The molecule has 23 heteroatoms. The summed E-state index contributed by atoms with van der Waals surface area (Å²) >= 11 is 0. The summed E-state index contributed by atoms with van der Waals surface area (Å²) in [5.74, 6) is 0.730. The molecule has 0 aromatic heterocycles. The number of fused-ring (bicyclic) bond motifs is 6. The number of methoxy groups -OCH3 is 2. The maximum Gasteiger partial charge on any atom is 1.00 e. The van der Waals surface area contributed by atoms with E-state index in [1.54, 1.807) is 72.8 Å². The Morgan fingerprint density at radius 2 is 0.800 bits per heavy atom. The quantitative estimate of drug-likeness (QED) is 0.0123. The van der Waals surface area contributed by atoms with Crippen molar-refractivity contribution in [1.29, 1.82) is 0 Å². The minimum atomic E-state index is -1.17. The maximum atomic E-state index is 12.6. The molecule has 8 N–H and O–H groups in total. The molecule has 21 nitrogen and oxygen atoms in total. The van der Waals surface area contributed by atoms with Crippen LogP contribution in [-0.4, -0.2) is 148 Å². The average molecular weight is 1700 g/mol. The average Bonchev–Trinajstić information content (AvgIpc) is 0.759. The van der Waals surface area contributed by atoms with Gasteiger partial charge in [0.2, 0.25) is 10.7 Å². The van der Waals surface area contributed by atoms with Crippen LogP contribution >= 0.6 is 0 Å². The zero-order chi connectivity index (χ0) is 89.1. The molecule has 0 radical (unpaired) electrons. The number of carbonyl (C=O) groups excluding carboxylic acids is 3. The van der Waals surface area contributed by atoms with E-state index in [0.717, 1.165) is 147 Å². The van der Waals surface area contributed by atoms with Gasteiger partial charge in [0.1, 0.15) is 94.9 Å². The third-order valence-corrected chi connectivity index (χ3v) is 20.9. The number of phenols is 6. The number of esters is 2. The first-order valence-electron chi connectivity index (χ1n) is 41.5. The fourth-order valence-corrected chi connectivity index (χ4v) is 14.9. The number of aliphatic hydroxyl groups excluding tert-OH is 1. The summed E-state index contributed by atoms with van der Waals surface area (Å²) in [6.45, 7) is 31.6. The van der Waals surface area contributed by atoms with Crippen LogP contribution in [-0.2, 0) is 16.1 Å². The third kappa shape index (κ3) is 23.3. The second-order valence-electron chi connectivity index (χ2n) is 27.7. The predicted octanol–water partition coefficient (Wildman–Crippen LogP) is 16.3. The molecule has 0 saturated heterocycles. The van der Waals surface area contributed by atoms with Gasteiger partial charge in [0.25, 0.3) is 0 Å². The predicted molar refractivity (Wildman–Crippen MR) is 499 cm³/mol. The van der Waals surface area contributed by atoms with Crippen molar-refractivity contribution in [2.75, 3.05) is 76.4 Å². The molecule has 10 aromatic rings. The molecule has 3 aliphatic heterocycles. The number of benzene rings is 12. The molecule has 1 unspecified atom stereocenters. The third-order valence-electron chi connectivity index (χ3n) is 20.9. The molecule has 2 aliphatic carbocycles. The number of hydrogen-bond acceptors (Lipinski definition) is 18. The number of rotatable bonds is 19. The number of ether oxygens (including phenoxy) is 3. The van der Waals surface area contributed by atoms with Gasteiger partial charge in [-0.2, -0.15) is 0 Å². The summed E-state index contributed by atoms with van der Waals surface area (Å²) in [4.78, 5) is 53.1. The minimum absolute atomic E-state index is 0. The van der Waals surface area contributed by atoms with E-state index < -0.39 is 23.7 Å². The van der Waals surface area contributed by atoms with Crippen LogP contribution in [0.2, 0.25) is 0 Å². The van der Waals surface area contributed by atoms with Crippen LogP contribution in [0.5, 0.6) is 46.0 Å². The molecule has 1 atom stereocenters.